The van der Waals surface area contributed by atoms with Crippen molar-refractivity contribution in [1.29, 1.82) is 0 Å². The number of thiophene rings is 1. The van der Waals surface area contributed by atoms with Crippen LogP contribution in [0.15, 0.2) is 11.4 Å². The number of nitrogens with zero attached hydrogens (tertiary/aromatic N) is 3. The van der Waals surface area contributed by atoms with Gasteiger partial charge < -0.3 is 4.90 Å². The lowest BCUT2D eigenvalue weighted by Gasteiger charge is -2.28. The van der Waals surface area contributed by atoms with E-state index in [4.69, 9.17) is 11.6 Å². The molecule has 0 aliphatic carbocycles. The predicted molar refractivity (Wildman–Crippen MR) is 84.4 cm³/mol. The molecule has 0 aliphatic rings. The summed E-state index contributed by atoms with van der Waals surface area (Å²) in [6, 6.07) is 2.49. The number of hydrogen-bond donors (Lipinski definition) is 0. The van der Waals surface area contributed by atoms with E-state index in [-0.39, 0.29) is 0 Å². The van der Waals surface area contributed by atoms with E-state index in [1.807, 2.05) is 5.38 Å². The summed E-state index contributed by atoms with van der Waals surface area (Å²) in [5.41, 5.74) is 0. The van der Waals surface area contributed by atoms with Crippen LogP contribution < -0.4 is 4.90 Å². The average Bonchev–Trinajstić information content (AvgIpc) is 2.81. The molecular formula is C14H20ClN3S. The number of rotatable bonds is 6. The van der Waals surface area contributed by atoms with Gasteiger partial charge in [-0.3, -0.25) is 0 Å². The predicted octanol–water partition coefficient (Wildman–Crippen LogP) is 4.75. The first-order valence-electron chi connectivity index (χ1n) is 6.81. The van der Waals surface area contributed by atoms with Crippen molar-refractivity contribution in [2.45, 2.75) is 46.1 Å². The second-order valence-electron chi connectivity index (χ2n) is 4.95. The number of halogens is 1. The topological polar surface area (TPSA) is 29.0 Å². The fraction of sp³-hybridized carbons (Fsp3) is 0.571. The molecule has 0 saturated carbocycles. The zero-order chi connectivity index (χ0) is 13.8. The lowest BCUT2D eigenvalue weighted by atomic mass is 10.2. The van der Waals surface area contributed by atoms with Crippen LogP contribution in [0.25, 0.3) is 10.2 Å². The lowest BCUT2D eigenvalue weighted by molar-refractivity contribution is 0.621. The first-order chi connectivity index (χ1) is 9.13. The monoisotopic (exact) mass is 297 g/mol. The molecule has 19 heavy (non-hydrogen) atoms. The molecule has 0 amide bonds. The molecular weight excluding hydrogens is 278 g/mol. The molecule has 104 valence electrons. The van der Waals surface area contributed by atoms with Crippen LogP contribution in [0, 0.1) is 0 Å². The van der Waals surface area contributed by atoms with Crippen LogP contribution in [0.1, 0.15) is 40.0 Å². The highest BCUT2D eigenvalue weighted by Gasteiger charge is 2.17. The lowest BCUT2D eigenvalue weighted by Crippen LogP contribution is -2.32. The summed E-state index contributed by atoms with van der Waals surface area (Å²) < 4.78 is 0. The van der Waals surface area contributed by atoms with Gasteiger partial charge in [-0.15, -0.1) is 11.3 Å². The molecule has 2 rings (SSSR count). The van der Waals surface area contributed by atoms with Crippen LogP contribution in [-0.2, 0) is 0 Å². The summed E-state index contributed by atoms with van der Waals surface area (Å²) in [5, 5.41) is 3.50. The van der Waals surface area contributed by atoms with E-state index >= 15 is 0 Å². The Morgan fingerprint density at radius 3 is 2.79 bits per heavy atom. The number of fused-ring (bicyclic) bond motifs is 1. The third-order valence-electron chi connectivity index (χ3n) is 3.18. The third-order valence-corrected chi connectivity index (χ3v) is 4.15. The van der Waals surface area contributed by atoms with Gasteiger partial charge in [0, 0.05) is 12.6 Å². The number of hydrogen-bond acceptors (Lipinski definition) is 4. The minimum atomic E-state index is 0.339. The standard InChI is InChI=1S/C14H20ClN3S/c1-4-5-6-8-18(10(2)3)12-11-7-9-19-13(11)17-14(15)16-12/h7,9-10H,4-6,8H2,1-3H3. The first kappa shape index (κ1) is 14.5. The van der Waals surface area contributed by atoms with Crippen LogP contribution in [0.5, 0.6) is 0 Å². The Labute approximate surface area is 123 Å². The quantitative estimate of drug-likeness (QED) is 0.569. The maximum Gasteiger partial charge on any atom is 0.225 e. The summed E-state index contributed by atoms with van der Waals surface area (Å²) in [7, 11) is 0. The van der Waals surface area contributed by atoms with Crippen LogP contribution >= 0.6 is 22.9 Å². The molecule has 0 unspecified atom stereocenters. The summed E-state index contributed by atoms with van der Waals surface area (Å²) in [5.74, 6) is 0.974. The van der Waals surface area contributed by atoms with Crippen molar-refractivity contribution < 1.29 is 0 Å². The van der Waals surface area contributed by atoms with Crippen molar-refractivity contribution in [3.63, 3.8) is 0 Å². The highest BCUT2D eigenvalue weighted by atomic mass is 35.5. The molecule has 3 nitrogen and oxygen atoms in total. The summed E-state index contributed by atoms with van der Waals surface area (Å²) in [4.78, 5) is 12.0. The molecule has 0 bridgehead atoms. The fourth-order valence-corrected chi connectivity index (χ4v) is 3.15. The molecule has 5 heteroatoms. The van der Waals surface area contributed by atoms with E-state index in [2.05, 4.69) is 41.7 Å². The number of aromatic nitrogens is 2. The number of anilines is 1. The first-order valence-corrected chi connectivity index (χ1v) is 8.06. The van der Waals surface area contributed by atoms with Gasteiger partial charge in [0.15, 0.2) is 0 Å². The van der Waals surface area contributed by atoms with Crippen LogP contribution in [0.2, 0.25) is 5.28 Å². The van der Waals surface area contributed by atoms with E-state index in [0.29, 0.717) is 11.3 Å². The Morgan fingerprint density at radius 1 is 1.32 bits per heavy atom. The van der Waals surface area contributed by atoms with Gasteiger partial charge in [-0.25, -0.2) is 4.98 Å². The van der Waals surface area contributed by atoms with E-state index < -0.39 is 0 Å². The Balaban J connectivity index is 2.35. The van der Waals surface area contributed by atoms with E-state index in [9.17, 15) is 0 Å². The Bertz CT molecular complexity index is 538. The Kier molecular flexibility index (Phi) is 4.99. The molecule has 2 aromatic rings. The van der Waals surface area contributed by atoms with Crippen molar-refractivity contribution in [3.8, 4) is 0 Å². The molecule has 0 spiro atoms. The highest BCUT2D eigenvalue weighted by molar-refractivity contribution is 7.16. The molecule has 0 aromatic carbocycles. The van der Waals surface area contributed by atoms with Gasteiger partial charge >= 0.3 is 0 Å². The van der Waals surface area contributed by atoms with E-state index in [0.717, 1.165) is 22.6 Å². The van der Waals surface area contributed by atoms with Gasteiger partial charge in [-0.05, 0) is 43.3 Å². The van der Waals surface area contributed by atoms with Gasteiger partial charge in [0.05, 0.1) is 5.39 Å². The van der Waals surface area contributed by atoms with E-state index in [1.165, 1.54) is 19.3 Å². The van der Waals surface area contributed by atoms with Crippen molar-refractivity contribution in [3.05, 3.63) is 16.7 Å². The van der Waals surface area contributed by atoms with Gasteiger partial charge in [0.2, 0.25) is 5.28 Å². The average molecular weight is 298 g/mol. The van der Waals surface area contributed by atoms with Gasteiger partial charge in [-0.2, -0.15) is 4.98 Å². The van der Waals surface area contributed by atoms with Gasteiger partial charge in [0.25, 0.3) is 0 Å². The minimum Gasteiger partial charge on any atom is -0.354 e. The van der Waals surface area contributed by atoms with Crippen LogP contribution in [0.3, 0.4) is 0 Å². The second-order valence-corrected chi connectivity index (χ2v) is 6.18. The normalized spacial score (nSPS) is 11.4. The third kappa shape index (κ3) is 3.37. The van der Waals surface area contributed by atoms with Crippen molar-refractivity contribution in [2.75, 3.05) is 11.4 Å². The maximum absolute atomic E-state index is 6.05. The second kappa shape index (κ2) is 6.53. The molecule has 0 aliphatic heterocycles. The van der Waals surface area contributed by atoms with Crippen LogP contribution in [-0.4, -0.2) is 22.6 Å². The minimum absolute atomic E-state index is 0.339. The van der Waals surface area contributed by atoms with Gasteiger partial charge in [-0.1, -0.05) is 19.8 Å². The molecule has 0 N–H and O–H groups in total. The summed E-state index contributed by atoms with van der Waals surface area (Å²) >= 11 is 7.66. The Morgan fingerprint density at radius 2 is 2.11 bits per heavy atom. The Hall–Kier alpha value is -0.870. The zero-order valence-electron chi connectivity index (χ0n) is 11.7. The smallest absolute Gasteiger partial charge is 0.225 e. The van der Waals surface area contributed by atoms with Crippen molar-refractivity contribution in [2.24, 2.45) is 0 Å². The molecule has 0 radical (unpaired) electrons. The zero-order valence-corrected chi connectivity index (χ0v) is 13.3. The van der Waals surface area contributed by atoms with Crippen molar-refractivity contribution >= 4 is 39.0 Å². The summed E-state index contributed by atoms with van der Waals surface area (Å²) in [6.45, 7) is 7.63. The van der Waals surface area contributed by atoms with Crippen LogP contribution in [0.4, 0.5) is 5.82 Å². The largest absolute Gasteiger partial charge is 0.354 e. The van der Waals surface area contributed by atoms with Gasteiger partial charge in [0.1, 0.15) is 10.6 Å². The molecule has 2 heterocycles. The van der Waals surface area contributed by atoms with E-state index in [1.54, 1.807) is 11.3 Å². The molecule has 0 saturated heterocycles. The number of unbranched alkanes of at least 4 members (excludes halogenated alkanes) is 2. The molecule has 2 aromatic heterocycles. The fourth-order valence-electron chi connectivity index (χ4n) is 2.17. The molecule has 0 fully saturated rings. The maximum atomic E-state index is 6.05. The highest BCUT2D eigenvalue weighted by Crippen LogP contribution is 2.30. The van der Waals surface area contributed by atoms with Crippen molar-refractivity contribution in [1.82, 2.24) is 9.97 Å². The molecule has 0 atom stereocenters. The summed E-state index contributed by atoms with van der Waals surface area (Å²) in [6.07, 6.45) is 3.65. The SMILES string of the molecule is CCCCCN(c1nc(Cl)nc2sccc12)C(C)C.